The SMILES string of the molecule is CCC(CC)C(CNC(=O)CCC1CCNCC1)N1CCCC1.Cl.Cl. The van der Waals surface area contributed by atoms with Crippen LogP contribution in [0.15, 0.2) is 0 Å². The van der Waals surface area contributed by atoms with Crippen LogP contribution in [0.3, 0.4) is 0 Å². The minimum atomic E-state index is 0. The van der Waals surface area contributed by atoms with Gasteiger partial charge in [-0.3, -0.25) is 9.69 Å². The molecule has 0 aromatic rings. The number of piperidine rings is 1. The molecule has 0 aromatic heterocycles. The quantitative estimate of drug-likeness (QED) is 0.626. The van der Waals surface area contributed by atoms with Crippen molar-refractivity contribution in [3.63, 3.8) is 0 Å². The summed E-state index contributed by atoms with van der Waals surface area (Å²) in [7, 11) is 0. The molecule has 150 valence electrons. The van der Waals surface area contributed by atoms with Crippen molar-refractivity contribution in [2.75, 3.05) is 32.7 Å². The van der Waals surface area contributed by atoms with Gasteiger partial charge in [-0.1, -0.05) is 26.7 Å². The summed E-state index contributed by atoms with van der Waals surface area (Å²) in [6.07, 6.45) is 9.30. The molecule has 2 fully saturated rings. The Kier molecular flexibility index (Phi) is 14.1. The highest BCUT2D eigenvalue weighted by molar-refractivity contribution is 5.85. The van der Waals surface area contributed by atoms with Gasteiger partial charge in [0.15, 0.2) is 0 Å². The van der Waals surface area contributed by atoms with Crippen LogP contribution in [0.5, 0.6) is 0 Å². The molecule has 2 aliphatic rings. The van der Waals surface area contributed by atoms with Crippen LogP contribution in [0.1, 0.15) is 65.2 Å². The number of hydrogen-bond donors (Lipinski definition) is 2. The second kappa shape index (κ2) is 14.1. The third kappa shape index (κ3) is 8.47. The molecule has 4 nitrogen and oxygen atoms in total. The Morgan fingerprint density at radius 3 is 2.28 bits per heavy atom. The molecule has 0 aliphatic carbocycles. The number of hydrogen-bond acceptors (Lipinski definition) is 3. The van der Waals surface area contributed by atoms with E-state index in [0.29, 0.717) is 18.4 Å². The Balaban J connectivity index is 0.00000288. The van der Waals surface area contributed by atoms with Crippen molar-refractivity contribution >= 4 is 30.7 Å². The minimum Gasteiger partial charge on any atom is -0.355 e. The number of nitrogens with one attached hydrogen (secondary N) is 2. The minimum absolute atomic E-state index is 0. The molecule has 0 spiro atoms. The smallest absolute Gasteiger partial charge is 0.220 e. The van der Waals surface area contributed by atoms with Crippen LogP contribution in [0.2, 0.25) is 0 Å². The lowest BCUT2D eigenvalue weighted by molar-refractivity contribution is -0.121. The molecular formula is C19H39Cl2N3O. The van der Waals surface area contributed by atoms with E-state index in [-0.39, 0.29) is 30.7 Å². The molecule has 0 radical (unpaired) electrons. The molecule has 2 N–H and O–H groups in total. The maximum absolute atomic E-state index is 12.3. The fraction of sp³-hybridized carbons (Fsp3) is 0.947. The summed E-state index contributed by atoms with van der Waals surface area (Å²) in [5, 5.41) is 6.65. The number of likely N-dealkylation sites (tertiary alicyclic amines) is 1. The lowest BCUT2D eigenvalue weighted by atomic mass is 9.92. The van der Waals surface area contributed by atoms with Gasteiger partial charge >= 0.3 is 0 Å². The first-order valence-electron chi connectivity index (χ1n) is 9.96. The van der Waals surface area contributed by atoms with Crippen molar-refractivity contribution in [1.29, 1.82) is 0 Å². The Morgan fingerprint density at radius 1 is 1.12 bits per heavy atom. The molecule has 1 unspecified atom stereocenters. The normalized spacial score (nSPS) is 20.0. The number of carbonyl (C=O) groups excluding carboxylic acids is 1. The number of rotatable bonds is 9. The zero-order valence-electron chi connectivity index (χ0n) is 16.1. The van der Waals surface area contributed by atoms with Gasteiger partial charge in [0, 0.05) is 19.0 Å². The van der Waals surface area contributed by atoms with E-state index in [2.05, 4.69) is 29.4 Å². The molecule has 2 aliphatic heterocycles. The Hall–Kier alpha value is -0.0300. The molecule has 0 aromatic carbocycles. The molecule has 2 rings (SSSR count). The second-order valence-corrected chi connectivity index (χ2v) is 7.42. The van der Waals surface area contributed by atoms with Crippen LogP contribution in [0.25, 0.3) is 0 Å². The van der Waals surface area contributed by atoms with Crippen LogP contribution in [0, 0.1) is 11.8 Å². The molecular weight excluding hydrogens is 357 g/mol. The van der Waals surface area contributed by atoms with E-state index < -0.39 is 0 Å². The maximum atomic E-state index is 12.3. The zero-order chi connectivity index (χ0) is 16.5. The molecule has 2 heterocycles. The van der Waals surface area contributed by atoms with Crippen molar-refractivity contribution in [2.45, 2.75) is 71.3 Å². The van der Waals surface area contributed by atoms with Gasteiger partial charge in [0.2, 0.25) is 5.91 Å². The number of halogens is 2. The first kappa shape index (κ1) is 25.0. The van der Waals surface area contributed by atoms with Gasteiger partial charge in [-0.2, -0.15) is 0 Å². The Bertz CT molecular complexity index is 340. The molecule has 6 heteroatoms. The van der Waals surface area contributed by atoms with Crippen molar-refractivity contribution in [2.24, 2.45) is 11.8 Å². The van der Waals surface area contributed by atoms with E-state index >= 15 is 0 Å². The van der Waals surface area contributed by atoms with Crippen LogP contribution in [-0.2, 0) is 4.79 Å². The number of carbonyl (C=O) groups is 1. The predicted molar refractivity (Wildman–Crippen MR) is 111 cm³/mol. The second-order valence-electron chi connectivity index (χ2n) is 7.42. The van der Waals surface area contributed by atoms with E-state index in [1.54, 1.807) is 0 Å². The fourth-order valence-electron chi connectivity index (χ4n) is 4.31. The highest BCUT2D eigenvalue weighted by Crippen LogP contribution is 2.22. The summed E-state index contributed by atoms with van der Waals surface area (Å²) < 4.78 is 0. The van der Waals surface area contributed by atoms with E-state index in [1.165, 1.54) is 51.6 Å². The van der Waals surface area contributed by atoms with Crippen molar-refractivity contribution in [3.8, 4) is 0 Å². The third-order valence-corrected chi connectivity index (χ3v) is 5.95. The third-order valence-electron chi connectivity index (χ3n) is 5.95. The van der Waals surface area contributed by atoms with E-state index in [9.17, 15) is 4.79 Å². The number of amides is 1. The molecule has 25 heavy (non-hydrogen) atoms. The van der Waals surface area contributed by atoms with Crippen LogP contribution in [0.4, 0.5) is 0 Å². The van der Waals surface area contributed by atoms with E-state index in [1.807, 2.05) is 0 Å². The van der Waals surface area contributed by atoms with Crippen LogP contribution in [-0.4, -0.2) is 49.6 Å². The molecule has 1 atom stereocenters. The van der Waals surface area contributed by atoms with Crippen molar-refractivity contribution in [1.82, 2.24) is 15.5 Å². The number of nitrogens with zero attached hydrogens (tertiary/aromatic N) is 1. The highest BCUT2D eigenvalue weighted by Gasteiger charge is 2.27. The topological polar surface area (TPSA) is 44.4 Å². The Labute approximate surface area is 167 Å². The van der Waals surface area contributed by atoms with Gasteiger partial charge in [-0.15, -0.1) is 24.8 Å². The first-order chi connectivity index (χ1) is 11.2. The summed E-state index contributed by atoms with van der Waals surface area (Å²) in [6, 6.07) is 0.537. The maximum Gasteiger partial charge on any atom is 0.220 e. The first-order valence-corrected chi connectivity index (χ1v) is 9.96. The van der Waals surface area contributed by atoms with Crippen molar-refractivity contribution < 1.29 is 4.79 Å². The van der Waals surface area contributed by atoms with E-state index in [0.717, 1.165) is 32.0 Å². The average molecular weight is 396 g/mol. The van der Waals surface area contributed by atoms with E-state index in [4.69, 9.17) is 0 Å². The largest absolute Gasteiger partial charge is 0.355 e. The Morgan fingerprint density at radius 2 is 1.72 bits per heavy atom. The lowest BCUT2D eigenvalue weighted by Gasteiger charge is -2.34. The molecule has 1 amide bonds. The monoisotopic (exact) mass is 395 g/mol. The van der Waals surface area contributed by atoms with Gasteiger partial charge in [-0.05, 0) is 70.1 Å². The summed E-state index contributed by atoms with van der Waals surface area (Å²) in [5.41, 5.74) is 0. The van der Waals surface area contributed by atoms with Gasteiger partial charge in [0.25, 0.3) is 0 Å². The zero-order valence-corrected chi connectivity index (χ0v) is 17.7. The van der Waals surface area contributed by atoms with Gasteiger partial charge < -0.3 is 10.6 Å². The molecule has 2 saturated heterocycles. The highest BCUT2D eigenvalue weighted by atomic mass is 35.5. The summed E-state index contributed by atoms with van der Waals surface area (Å²) >= 11 is 0. The standard InChI is InChI=1S/C19H37N3O.2ClH/c1-3-17(4-2)18(22-13-5-6-14-22)15-21-19(23)8-7-16-9-11-20-12-10-16;;/h16-18,20H,3-15H2,1-2H3,(H,21,23);2*1H. The summed E-state index contributed by atoms with van der Waals surface area (Å²) in [5.74, 6) is 1.71. The van der Waals surface area contributed by atoms with Gasteiger partial charge in [0.1, 0.15) is 0 Å². The lowest BCUT2D eigenvalue weighted by Crippen LogP contribution is -2.46. The van der Waals surface area contributed by atoms with Crippen LogP contribution >= 0.6 is 24.8 Å². The molecule has 0 saturated carbocycles. The van der Waals surface area contributed by atoms with Crippen LogP contribution < -0.4 is 10.6 Å². The summed E-state index contributed by atoms with van der Waals surface area (Å²) in [6.45, 7) is 10.1. The summed E-state index contributed by atoms with van der Waals surface area (Å²) in [4.78, 5) is 14.9. The van der Waals surface area contributed by atoms with Gasteiger partial charge in [-0.25, -0.2) is 0 Å². The fourth-order valence-corrected chi connectivity index (χ4v) is 4.31. The predicted octanol–water partition coefficient (Wildman–Crippen LogP) is 3.63. The average Bonchev–Trinajstić information content (AvgIpc) is 3.12. The van der Waals surface area contributed by atoms with Gasteiger partial charge in [0.05, 0.1) is 0 Å². The van der Waals surface area contributed by atoms with Crippen molar-refractivity contribution in [3.05, 3.63) is 0 Å². The molecule has 0 bridgehead atoms.